The summed E-state index contributed by atoms with van der Waals surface area (Å²) in [6, 6.07) is 6.78. The number of benzene rings is 1. The minimum absolute atomic E-state index is 1.13. The molecule has 0 saturated carbocycles. The fourth-order valence-corrected chi connectivity index (χ4v) is 1.36. The van der Waals surface area contributed by atoms with Crippen LogP contribution >= 0.6 is 0 Å². The van der Waals surface area contributed by atoms with Crippen LogP contribution in [0, 0.1) is 12.8 Å². The largest absolute Gasteiger partial charge is 0.0613 e. The number of aryl methyl sites for hydroxylation is 2. The molecule has 0 heteroatoms. The van der Waals surface area contributed by atoms with Crippen molar-refractivity contribution in [2.75, 3.05) is 0 Å². The van der Waals surface area contributed by atoms with Crippen molar-refractivity contribution in [1.82, 2.24) is 0 Å². The molecule has 0 unspecified atom stereocenters. The molecular weight excluding hydrogens is 144 g/mol. The molecule has 0 atom stereocenters. The summed E-state index contributed by atoms with van der Waals surface area (Å²) in [6.07, 6.45) is 1.13. The molecule has 0 aliphatic heterocycles. The van der Waals surface area contributed by atoms with Crippen LogP contribution in [0.2, 0.25) is 0 Å². The summed E-state index contributed by atoms with van der Waals surface area (Å²) in [5, 5.41) is 0. The minimum atomic E-state index is 1.13. The zero-order chi connectivity index (χ0) is 9.14. The first-order valence-electron chi connectivity index (χ1n) is 4.54. The van der Waals surface area contributed by atoms with E-state index in [0.29, 0.717) is 0 Å². The van der Waals surface area contributed by atoms with Crippen LogP contribution in [0.1, 0.15) is 37.5 Å². The van der Waals surface area contributed by atoms with Crippen LogP contribution in [0.15, 0.2) is 18.2 Å². The first kappa shape index (κ1) is 9.31. The average Bonchev–Trinajstić information content (AvgIpc) is 2.03. The first-order valence-corrected chi connectivity index (χ1v) is 4.54. The summed E-state index contributed by atoms with van der Waals surface area (Å²) in [7, 11) is 0. The van der Waals surface area contributed by atoms with Crippen molar-refractivity contribution in [3.63, 3.8) is 0 Å². The Morgan fingerprint density at radius 1 is 1.17 bits per heavy atom. The molecule has 0 N–H and O–H groups in total. The third-order valence-electron chi connectivity index (χ3n) is 2.12. The van der Waals surface area contributed by atoms with Crippen molar-refractivity contribution in [3.05, 3.63) is 40.8 Å². The van der Waals surface area contributed by atoms with Crippen molar-refractivity contribution < 1.29 is 0 Å². The number of rotatable bonds is 2. The van der Waals surface area contributed by atoms with Crippen LogP contribution < -0.4 is 0 Å². The molecule has 1 aromatic rings. The molecule has 12 heavy (non-hydrogen) atoms. The molecule has 0 bridgehead atoms. The molecule has 0 heterocycles. The van der Waals surface area contributed by atoms with Gasteiger partial charge in [0.15, 0.2) is 0 Å². The van der Waals surface area contributed by atoms with Gasteiger partial charge in [0.2, 0.25) is 0 Å². The molecule has 0 spiro atoms. The topological polar surface area (TPSA) is 0 Å². The van der Waals surface area contributed by atoms with E-state index < -0.39 is 0 Å². The molecule has 1 rings (SSSR count). The highest BCUT2D eigenvalue weighted by atomic mass is 14.1. The predicted molar refractivity (Wildman–Crippen MR) is 54.3 cm³/mol. The molecule has 0 amide bonds. The van der Waals surface area contributed by atoms with Gasteiger partial charge in [-0.05, 0) is 30.4 Å². The van der Waals surface area contributed by atoms with E-state index in [4.69, 9.17) is 0 Å². The van der Waals surface area contributed by atoms with Gasteiger partial charge in [0, 0.05) is 0 Å². The van der Waals surface area contributed by atoms with Gasteiger partial charge in [-0.3, -0.25) is 0 Å². The highest BCUT2D eigenvalue weighted by Gasteiger charge is 2.01. The van der Waals surface area contributed by atoms with Gasteiger partial charge in [0.25, 0.3) is 0 Å². The van der Waals surface area contributed by atoms with Crippen LogP contribution in [0.4, 0.5) is 0 Å². The van der Waals surface area contributed by atoms with Gasteiger partial charge in [0.1, 0.15) is 0 Å². The molecular formula is C12H17. The maximum absolute atomic E-state index is 2.28. The molecule has 1 radical (unpaired) electrons. The highest BCUT2D eigenvalue weighted by molar-refractivity contribution is 5.36. The maximum Gasteiger partial charge on any atom is -0.00118 e. The van der Waals surface area contributed by atoms with Crippen LogP contribution in [-0.4, -0.2) is 0 Å². The van der Waals surface area contributed by atoms with Crippen molar-refractivity contribution >= 4 is 0 Å². The van der Waals surface area contributed by atoms with E-state index in [1.807, 2.05) is 0 Å². The van der Waals surface area contributed by atoms with E-state index in [9.17, 15) is 0 Å². The monoisotopic (exact) mass is 161 g/mol. The maximum atomic E-state index is 2.28. The Bertz CT molecular complexity index is 259. The second-order valence-corrected chi connectivity index (χ2v) is 3.56. The molecule has 0 nitrogen and oxygen atoms in total. The normalized spacial score (nSPS) is 10.8. The van der Waals surface area contributed by atoms with E-state index in [1.54, 1.807) is 0 Å². The molecule has 0 saturated heterocycles. The fraction of sp³-hybridized carbons (Fsp3) is 0.417. The predicted octanol–water partition coefficient (Wildman–Crippen LogP) is 3.52. The van der Waals surface area contributed by atoms with Crippen LogP contribution in [0.5, 0.6) is 0 Å². The Morgan fingerprint density at radius 3 is 2.33 bits per heavy atom. The van der Waals surface area contributed by atoms with Gasteiger partial charge in [-0.1, -0.05) is 44.5 Å². The van der Waals surface area contributed by atoms with Gasteiger partial charge in [0.05, 0.1) is 0 Å². The van der Waals surface area contributed by atoms with E-state index in [2.05, 4.69) is 45.9 Å². The van der Waals surface area contributed by atoms with Crippen molar-refractivity contribution in [2.24, 2.45) is 0 Å². The number of hydrogen-bond donors (Lipinski definition) is 0. The van der Waals surface area contributed by atoms with Crippen molar-refractivity contribution in [2.45, 2.75) is 34.1 Å². The summed E-state index contributed by atoms with van der Waals surface area (Å²) in [6.45, 7) is 8.68. The van der Waals surface area contributed by atoms with Gasteiger partial charge < -0.3 is 0 Å². The highest BCUT2D eigenvalue weighted by Crippen LogP contribution is 2.17. The lowest BCUT2D eigenvalue weighted by atomic mass is 9.97. The van der Waals surface area contributed by atoms with E-state index >= 15 is 0 Å². The van der Waals surface area contributed by atoms with Crippen LogP contribution in [0.3, 0.4) is 0 Å². The summed E-state index contributed by atoms with van der Waals surface area (Å²) >= 11 is 0. The summed E-state index contributed by atoms with van der Waals surface area (Å²) in [5.41, 5.74) is 4.18. The Balaban J connectivity index is 3.06. The van der Waals surface area contributed by atoms with E-state index in [1.165, 1.54) is 22.6 Å². The molecule has 1 aromatic carbocycles. The third-order valence-corrected chi connectivity index (χ3v) is 2.12. The Morgan fingerprint density at radius 2 is 1.83 bits per heavy atom. The molecule has 65 valence electrons. The lowest BCUT2D eigenvalue weighted by Gasteiger charge is -2.08. The van der Waals surface area contributed by atoms with Gasteiger partial charge >= 0.3 is 0 Å². The van der Waals surface area contributed by atoms with Gasteiger partial charge in [-0.2, -0.15) is 0 Å². The first-order chi connectivity index (χ1) is 5.63. The standard InChI is InChI=1S/C12H17/c1-5-11-6-10(4)7-12(8-11)9(2)3/h6-8H,5H2,1-4H3. The van der Waals surface area contributed by atoms with E-state index in [0.717, 1.165) is 6.42 Å². The summed E-state index contributed by atoms with van der Waals surface area (Å²) in [4.78, 5) is 0. The third kappa shape index (κ3) is 2.10. The lowest BCUT2D eigenvalue weighted by Crippen LogP contribution is -1.92. The summed E-state index contributed by atoms with van der Waals surface area (Å²) in [5.74, 6) is 1.40. The minimum Gasteiger partial charge on any atom is -0.0613 e. The average molecular weight is 161 g/mol. The lowest BCUT2D eigenvalue weighted by molar-refractivity contribution is 1.09. The second-order valence-electron chi connectivity index (χ2n) is 3.56. The van der Waals surface area contributed by atoms with Crippen molar-refractivity contribution in [3.8, 4) is 0 Å². The van der Waals surface area contributed by atoms with E-state index in [-0.39, 0.29) is 0 Å². The molecule has 0 fully saturated rings. The van der Waals surface area contributed by atoms with Crippen LogP contribution in [0.25, 0.3) is 0 Å². The van der Waals surface area contributed by atoms with Gasteiger partial charge in [-0.15, -0.1) is 0 Å². The quantitative estimate of drug-likeness (QED) is 0.622. The van der Waals surface area contributed by atoms with Crippen molar-refractivity contribution in [1.29, 1.82) is 0 Å². The molecule has 0 aromatic heterocycles. The smallest absolute Gasteiger partial charge is 0.00118 e. The number of hydrogen-bond acceptors (Lipinski definition) is 0. The Kier molecular flexibility index (Phi) is 2.91. The molecule has 0 aliphatic carbocycles. The zero-order valence-electron chi connectivity index (χ0n) is 8.44. The fourth-order valence-electron chi connectivity index (χ4n) is 1.36. The SMILES string of the molecule is CCc1cc(C)cc([C](C)C)c1. The Hall–Kier alpha value is -0.780. The van der Waals surface area contributed by atoms with Gasteiger partial charge in [-0.25, -0.2) is 0 Å². The Labute approximate surface area is 75.6 Å². The van der Waals surface area contributed by atoms with Crippen LogP contribution in [-0.2, 0) is 6.42 Å². The summed E-state index contributed by atoms with van der Waals surface area (Å²) < 4.78 is 0. The molecule has 0 aliphatic rings. The second kappa shape index (κ2) is 3.75. The zero-order valence-corrected chi connectivity index (χ0v) is 8.44.